The third kappa shape index (κ3) is 2.21. The molecule has 1 aliphatic rings. The number of hydrogen-bond acceptors (Lipinski definition) is 3. The van der Waals surface area contributed by atoms with E-state index in [2.05, 4.69) is 12.2 Å². The molecule has 12 heavy (non-hydrogen) atoms. The Hall–Kier alpha value is -0.570. The van der Waals surface area contributed by atoms with Crippen molar-refractivity contribution in [1.82, 2.24) is 5.32 Å². The van der Waals surface area contributed by atoms with E-state index in [1.807, 2.05) is 13.8 Å². The minimum Gasteiger partial charge on any atom is -0.463 e. The number of carbonyl (C=O) groups is 1. The Bertz CT molecular complexity index is 168. The Balaban J connectivity index is 2.41. The zero-order valence-corrected chi connectivity index (χ0v) is 7.96. The minimum absolute atomic E-state index is 0.00491. The predicted octanol–water partition coefficient (Wildman–Crippen LogP) is 0.793. The van der Waals surface area contributed by atoms with Crippen molar-refractivity contribution >= 4 is 5.97 Å². The van der Waals surface area contributed by atoms with Crippen molar-refractivity contribution in [2.45, 2.75) is 26.9 Å². The lowest BCUT2D eigenvalue weighted by atomic mass is 9.98. The van der Waals surface area contributed by atoms with Crippen molar-refractivity contribution in [3.05, 3.63) is 0 Å². The highest BCUT2D eigenvalue weighted by Gasteiger charge is 2.31. The Morgan fingerprint density at radius 3 is 2.58 bits per heavy atom. The van der Waals surface area contributed by atoms with Gasteiger partial charge in [-0.3, -0.25) is 4.79 Å². The Morgan fingerprint density at radius 2 is 2.17 bits per heavy atom. The van der Waals surface area contributed by atoms with Gasteiger partial charge in [0, 0.05) is 6.54 Å². The molecule has 1 N–H and O–H groups in total. The molecule has 0 bridgehead atoms. The van der Waals surface area contributed by atoms with E-state index in [1.165, 1.54) is 0 Å². The van der Waals surface area contributed by atoms with Gasteiger partial charge in [0.2, 0.25) is 0 Å². The van der Waals surface area contributed by atoms with Gasteiger partial charge in [0.25, 0.3) is 0 Å². The molecule has 0 aliphatic carbocycles. The lowest BCUT2D eigenvalue weighted by molar-refractivity contribution is -0.152. The average molecular weight is 171 g/mol. The van der Waals surface area contributed by atoms with Crippen LogP contribution in [0.1, 0.15) is 20.8 Å². The predicted molar refractivity (Wildman–Crippen MR) is 46.8 cm³/mol. The van der Waals surface area contributed by atoms with Crippen molar-refractivity contribution in [1.29, 1.82) is 0 Å². The molecule has 3 nitrogen and oxygen atoms in total. The van der Waals surface area contributed by atoms with Crippen molar-refractivity contribution in [2.75, 3.05) is 13.1 Å². The van der Waals surface area contributed by atoms with E-state index in [0.717, 1.165) is 13.1 Å². The number of rotatable bonds is 2. The second kappa shape index (κ2) is 3.90. The summed E-state index contributed by atoms with van der Waals surface area (Å²) in [5, 5.41) is 3.18. The van der Waals surface area contributed by atoms with Gasteiger partial charge in [-0.25, -0.2) is 0 Å². The summed E-state index contributed by atoms with van der Waals surface area (Å²) in [4.78, 5) is 11.4. The van der Waals surface area contributed by atoms with Crippen LogP contribution in [0, 0.1) is 11.8 Å². The summed E-state index contributed by atoms with van der Waals surface area (Å²) >= 11 is 0. The van der Waals surface area contributed by atoms with E-state index in [9.17, 15) is 4.79 Å². The molecule has 3 heteroatoms. The highest BCUT2D eigenvalue weighted by Crippen LogP contribution is 2.17. The van der Waals surface area contributed by atoms with E-state index in [4.69, 9.17) is 4.74 Å². The second-order valence-corrected chi connectivity index (χ2v) is 3.73. The van der Waals surface area contributed by atoms with Crippen LogP contribution in [0.25, 0.3) is 0 Å². The van der Waals surface area contributed by atoms with Crippen LogP contribution in [0.3, 0.4) is 0 Å². The maximum Gasteiger partial charge on any atom is 0.310 e. The molecule has 70 valence electrons. The fourth-order valence-electron chi connectivity index (χ4n) is 1.45. The standard InChI is InChI=1S/C9H17NO2/c1-6(2)12-9(11)8-5-10-4-7(8)3/h6-8,10H,4-5H2,1-3H3. The molecule has 2 atom stereocenters. The molecular formula is C9H17NO2. The van der Waals surface area contributed by atoms with Crippen molar-refractivity contribution < 1.29 is 9.53 Å². The minimum atomic E-state index is -0.0532. The third-order valence-corrected chi connectivity index (χ3v) is 2.17. The molecule has 0 spiro atoms. The summed E-state index contributed by atoms with van der Waals surface area (Å²) < 4.78 is 5.13. The van der Waals surface area contributed by atoms with Gasteiger partial charge in [0.15, 0.2) is 0 Å². The molecule has 2 unspecified atom stereocenters. The summed E-state index contributed by atoms with van der Waals surface area (Å²) in [6.07, 6.45) is 0.00491. The summed E-state index contributed by atoms with van der Waals surface area (Å²) in [6.45, 7) is 7.53. The van der Waals surface area contributed by atoms with Crippen LogP contribution in [-0.4, -0.2) is 25.2 Å². The van der Waals surface area contributed by atoms with Crippen LogP contribution >= 0.6 is 0 Å². The smallest absolute Gasteiger partial charge is 0.310 e. The lowest BCUT2D eigenvalue weighted by Gasteiger charge is -2.15. The normalized spacial score (nSPS) is 29.3. The van der Waals surface area contributed by atoms with E-state index >= 15 is 0 Å². The fourth-order valence-corrected chi connectivity index (χ4v) is 1.45. The summed E-state index contributed by atoms with van der Waals surface area (Å²) in [5.41, 5.74) is 0. The lowest BCUT2D eigenvalue weighted by Crippen LogP contribution is -2.26. The van der Waals surface area contributed by atoms with E-state index in [1.54, 1.807) is 0 Å². The molecule has 0 amide bonds. The van der Waals surface area contributed by atoms with E-state index < -0.39 is 0 Å². The molecule has 0 radical (unpaired) electrons. The molecule has 1 heterocycles. The van der Waals surface area contributed by atoms with Gasteiger partial charge in [-0.05, 0) is 26.3 Å². The van der Waals surface area contributed by atoms with Crippen molar-refractivity contribution in [3.8, 4) is 0 Å². The zero-order chi connectivity index (χ0) is 9.14. The largest absolute Gasteiger partial charge is 0.463 e. The Labute approximate surface area is 73.5 Å². The summed E-state index contributed by atoms with van der Waals surface area (Å²) in [5.74, 6) is 0.422. The highest BCUT2D eigenvalue weighted by atomic mass is 16.5. The zero-order valence-electron chi connectivity index (χ0n) is 7.96. The van der Waals surface area contributed by atoms with E-state index in [-0.39, 0.29) is 18.0 Å². The van der Waals surface area contributed by atoms with Crippen LogP contribution in [0.4, 0.5) is 0 Å². The monoisotopic (exact) mass is 171 g/mol. The first-order chi connectivity index (χ1) is 5.61. The third-order valence-electron chi connectivity index (χ3n) is 2.17. The van der Waals surface area contributed by atoms with Crippen LogP contribution in [0.5, 0.6) is 0 Å². The SMILES string of the molecule is CC(C)OC(=O)C1CNCC1C. The molecule has 0 aromatic rings. The molecular weight excluding hydrogens is 154 g/mol. The van der Waals surface area contributed by atoms with Crippen molar-refractivity contribution in [2.24, 2.45) is 11.8 Å². The fraction of sp³-hybridized carbons (Fsp3) is 0.889. The van der Waals surface area contributed by atoms with Gasteiger partial charge in [-0.1, -0.05) is 6.92 Å². The van der Waals surface area contributed by atoms with Gasteiger partial charge in [0.1, 0.15) is 0 Å². The van der Waals surface area contributed by atoms with Crippen LogP contribution in [-0.2, 0) is 9.53 Å². The first kappa shape index (κ1) is 9.52. The van der Waals surface area contributed by atoms with Gasteiger partial charge >= 0.3 is 5.97 Å². The highest BCUT2D eigenvalue weighted by molar-refractivity contribution is 5.73. The topological polar surface area (TPSA) is 38.3 Å². The van der Waals surface area contributed by atoms with Crippen LogP contribution in [0.15, 0.2) is 0 Å². The molecule has 1 aliphatic heterocycles. The maximum absolute atomic E-state index is 11.4. The Kier molecular flexibility index (Phi) is 3.09. The molecule has 1 rings (SSSR count). The second-order valence-electron chi connectivity index (χ2n) is 3.73. The van der Waals surface area contributed by atoms with E-state index in [0.29, 0.717) is 5.92 Å². The van der Waals surface area contributed by atoms with Gasteiger partial charge in [-0.2, -0.15) is 0 Å². The first-order valence-corrected chi connectivity index (χ1v) is 4.52. The molecule has 0 aromatic heterocycles. The molecule has 0 aromatic carbocycles. The van der Waals surface area contributed by atoms with Crippen LogP contribution < -0.4 is 5.32 Å². The van der Waals surface area contributed by atoms with Crippen LogP contribution in [0.2, 0.25) is 0 Å². The van der Waals surface area contributed by atoms with Crippen molar-refractivity contribution in [3.63, 3.8) is 0 Å². The number of nitrogens with one attached hydrogen (secondary N) is 1. The van der Waals surface area contributed by atoms with Gasteiger partial charge in [-0.15, -0.1) is 0 Å². The Morgan fingerprint density at radius 1 is 1.50 bits per heavy atom. The average Bonchev–Trinajstić information content (AvgIpc) is 2.33. The number of ether oxygens (including phenoxy) is 1. The quantitative estimate of drug-likeness (QED) is 0.624. The number of carbonyl (C=O) groups excluding carboxylic acids is 1. The molecule has 0 saturated carbocycles. The molecule has 1 fully saturated rings. The first-order valence-electron chi connectivity index (χ1n) is 4.52. The number of esters is 1. The maximum atomic E-state index is 11.4. The summed E-state index contributed by atoms with van der Waals surface area (Å²) in [6, 6.07) is 0. The number of hydrogen-bond donors (Lipinski definition) is 1. The molecule has 1 saturated heterocycles. The summed E-state index contributed by atoms with van der Waals surface area (Å²) in [7, 11) is 0. The van der Waals surface area contributed by atoms with Gasteiger partial charge in [0.05, 0.1) is 12.0 Å². The van der Waals surface area contributed by atoms with Gasteiger partial charge < -0.3 is 10.1 Å².